The molecule has 4 nitrogen and oxygen atoms in total. The van der Waals surface area contributed by atoms with Crippen LogP contribution in [0.3, 0.4) is 0 Å². The number of benzene rings is 2. The molecule has 6 heteroatoms. The van der Waals surface area contributed by atoms with Crippen LogP contribution in [0, 0.1) is 0 Å². The minimum Gasteiger partial charge on any atom is -0.289 e. The van der Waals surface area contributed by atoms with Gasteiger partial charge in [-0.15, -0.1) is 0 Å². The average Bonchev–Trinajstić information content (AvgIpc) is 3.01. The smallest absolute Gasteiger partial charge is 0.238 e. The summed E-state index contributed by atoms with van der Waals surface area (Å²) in [6.07, 6.45) is 12.0. The summed E-state index contributed by atoms with van der Waals surface area (Å²) in [7, 11) is 1.97. The standard InChI is InChI=1S/C28H30ClN3OS/c1-3-24-26(18-11-19-27(33)31-32(2)20-12-5-4-6-13-20)34-25-17-10-8-15-22(25)28(30-24)21-14-7-9-16-23(21)29/h3,7-11,14-18,20H,1,4-6,12-13,19H2,2H3,(H,31,33)/b18-11-. The van der Waals surface area contributed by atoms with Gasteiger partial charge in [0.2, 0.25) is 5.91 Å². The Morgan fingerprint density at radius 2 is 1.85 bits per heavy atom. The minimum absolute atomic E-state index is 0.00986. The predicted octanol–water partition coefficient (Wildman–Crippen LogP) is 6.92. The van der Waals surface area contributed by atoms with Gasteiger partial charge in [0.25, 0.3) is 0 Å². The highest BCUT2D eigenvalue weighted by Gasteiger charge is 2.21. The van der Waals surface area contributed by atoms with Crippen molar-refractivity contribution < 1.29 is 4.79 Å². The van der Waals surface area contributed by atoms with Crippen molar-refractivity contribution in [2.45, 2.75) is 49.5 Å². The van der Waals surface area contributed by atoms with Crippen molar-refractivity contribution in [1.82, 2.24) is 10.4 Å². The van der Waals surface area contributed by atoms with Crippen LogP contribution < -0.4 is 5.43 Å². The molecule has 1 aliphatic carbocycles. The van der Waals surface area contributed by atoms with Gasteiger partial charge in [0, 0.05) is 45.5 Å². The number of thioether (sulfide) groups is 1. The number of rotatable bonds is 7. The fourth-order valence-corrected chi connectivity index (χ4v) is 5.64. The number of nitrogens with one attached hydrogen (secondary N) is 1. The van der Waals surface area contributed by atoms with Gasteiger partial charge in [0.15, 0.2) is 0 Å². The first-order valence-corrected chi connectivity index (χ1v) is 12.9. The number of carbonyl (C=O) groups is 1. The van der Waals surface area contributed by atoms with Gasteiger partial charge >= 0.3 is 0 Å². The van der Waals surface area contributed by atoms with E-state index in [1.165, 1.54) is 19.3 Å². The highest BCUT2D eigenvalue weighted by molar-refractivity contribution is 8.03. The Labute approximate surface area is 211 Å². The van der Waals surface area contributed by atoms with Gasteiger partial charge in [-0.1, -0.05) is 91.7 Å². The van der Waals surface area contributed by atoms with Crippen LogP contribution in [0.15, 0.2) is 93.8 Å². The molecule has 176 valence electrons. The third-order valence-corrected chi connectivity index (χ3v) is 7.64. The van der Waals surface area contributed by atoms with E-state index in [-0.39, 0.29) is 5.91 Å². The summed E-state index contributed by atoms with van der Waals surface area (Å²) in [5.74, 6) is -0.00986. The highest BCUT2D eigenvalue weighted by Crippen LogP contribution is 2.38. The molecule has 1 fully saturated rings. The van der Waals surface area contributed by atoms with Crippen LogP contribution in [-0.4, -0.2) is 29.7 Å². The second-order valence-corrected chi connectivity index (χ2v) is 10.0. The lowest BCUT2D eigenvalue weighted by molar-refractivity contribution is -0.125. The molecule has 1 N–H and O–H groups in total. The van der Waals surface area contributed by atoms with Gasteiger partial charge in [-0.05, 0) is 37.1 Å². The lowest BCUT2D eigenvalue weighted by Gasteiger charge is -2.31. The number of amides is 1. The number of hydrazine groups is 1. The third-order valence-electron chi connectivity index (χ3n) is 6.17. The van der Waals surface area contributed by atoms with Crippen molar-refractivity contribution >= 4 is 35.0 Å². The van der Waals surface area contributed by atoms with Crippen LogP contribution in [0.25, 0.3) is 0 Å². The van der Waals surface area contributed by atoms with Crippen molar-refractivity contribution in [3.8, 4) is 0 Å². The van der Waals surface area contributed by atoms with E-state index in [9.17, 15) is 4.79 Å². The lowest BCUT2D eigenvalue weighted by Crippen LogP contribution is -2.46. The van der Waals surface area contributed by atoms with Crippen LogP contribution in [-0.2, 0) is 4.79 Å². The lowest BCUT2D eigenvalue weighted by atomic mass is 9.95. The van der Waals surface area contributed by atoms with Crippen LogP contribution in [0.2, 0.25) is 5.02 Å². The number of aliphatic imine (C=N–C) groups is 1. The molecule has 2 aromatic rings. The van der Waals surface area contributed by atoms with Crippen molar-refractivity contribution in [3.05, 3.63) is 100 Å². The molecule has 0 bridgehead atoms. The van der Waals surface area contributed by atoms with E-state index in [0.29, 0.717) is 17.5 Å². The van der Waals surface area contributed by atoms with Crippen LogP contribution in [0.4, 0.5) is 0 Å². The molecule has 0 spiro atoms. The van der Waals surface area contributed by atoms with Gasteiger partial charge in [-0.3, -0.25) is 10.2 Å². The van der Waals surface area contributed by atoms with Crippen molar-refractivity contribution in [1.29, 1.82) is 0 Å². The maximum absolute atomic E-state index is 12.5. The fourth-order valence-electron chi connectivity index (χ4n) is 4.36. The Hall–Kier alpha value is -2.60. The topological polar surface area (TPSA) is 44.7 Å². The van der Waals surface area contributed by atoms with Gasteiger partial charge in [-0.2, -0.15) is 0 Å². The number of allylic oxidation sites excluding steroid dienone is 2. The second-order valence-electron chi connectivity index (χ2n) is 8.54. The van der Waals surface area contributed by atoms with E-state index < -0.39 is 0 Å². The molecule has 0 aromatic heterocycles. The largest absolute Gasteiger partial charge is 0.289 e. The molecular weight excluding hydrogens is 462 g/mol. The molecule has 1 amide bonds. The summed E-state index contributed by atoms with van der Waals surface area (Å²) < 4.78 is 0. The van der Waals surface area contributed by atoms with E-state index in [2.05, 4.69) is 24.1 Å². The number of hydrogen-bond acceptors (Lipinski definition) is 4. The molecule has 2 aromatic carbocycles. The second kappa shape index (κ2) is 11.7. The molecule has 0 atom stereocenters. The maximum Gasteiger partial charge on any atom is 0.238 e. The quantitative estimate of drug-likeness (QED) is 0.427. The molecule has 34 heavy (non-hydrogen) atoms. The zero-order valence-electron chi connectivity index (χ0n) is 19.5. The van der Waals surface area contributed by atoms with E-state index in [1.807, 2.05) is 60.6 Å². The van der Waals surface area contributed by atoms with Crippen molar-refractivity contribution in [3.63, 3.8) is 0 Å². The number of fused-ring (bicyclic) bond motifs is 1. The normalized spacial score (nSPS) is 16.9. The molecule has 1 saturated carbocycles. The predicted molar refractivity (Wildman–Crippen MR) is 143 cm³/mol. The highest BCUT2D eigenvalue weighted by atomic mass is 35.5. The molecule has 4 rings (SSSR count). The molecule has 0 saturated heterocycles. The number of halogens is 1. The fraction of sp³-hybridized carbons (Fsp3) is 0.286. The summed E-state index contributed by atoms with van der Waals surface area (Å²) in [6, 6.07) is 16.3. The van der Waals surface area contributed by atoms with E-state index in [0.717, 1.165) is 45.2 Å². The summed E-state index contributed by atoms with van der Waals surface area (Å²) in [5, 5.41) is 2.64. The van der Waals surface area contributed by atoms with E-state index >= 15 is 0 Å². The molecule has 2 aliphatic rings. The summed E-state index contributed by atoms with van der Waals surface area (Å²) >= 11 is 8.15. The SMILES string of the molecule is C=CC1=C(/C=C\CC(=O)NN(C)C2CCCCC2)Sc2ccccc2C(c2ccccc2Cl)=N1. The van der Waals surface area contributed by atoms with E-state index in [1.54, 1.807) is 17.8 Å². The Morgan fingerprint density at radius 1 is 1.15 bits per heavy atom. The molecule has 0 unspecified atom stereocenters. The first kappa shape index (κ1) is 24.5. The van der Waals surface area contributed by atoms with Gasteiger partial charge in [-0.25, -0.2) is 10.0 Å². The average molecular weight is 492 g/mol. The Bertz CT molecular complexity index is 1150. The number of nitrogens with zero attached hydrogens (tertiary/aromatic N) is 2. The zero-order valence-corrected chi connectivity index (χ0v) is 21.0. The summed E-state index contributed by atoms with van der Waals surface area (Å²) in [6.45, 7) is 3.99. The zero-order chi connectivity index (χ0) is 23.9. The van der Waals surface area contributed by atoms with Gasteiger partial charge in [0.05, 0.1) is 11.4 Å². The molecule has 1 aliphatic heterocycles. The number of carbonyl (C=O) groups excluding carboxylic acids is 1. The first-order valence-electron chi connectivity index (χ1n) is 11.7. The molecule has 1 heterocycles. The van der Waals surface area contributed by atoms with Crippen LogP contribution in [0.5, 0.6) is 0 Å². The van der Waals surface area contributed by atoms with Gasteiger partial charge in [0.1, 0.15) is 0 Å². The number of hydrogen-bond donors (Lipinski definition) is 1. The molecule has 0 radical (unpaired) electrons. The minimum atomic E-state index is -0.00986. The first-order chi connectivity index (χ1) is 16.6. The monoisotopic (exact) mass is 491 g/mol. The summed E-state index contributed by atoms with van der Waals surface area (Å²) in [4.78, 5) is 19.5. The maximum atomic E-state index is 12.5. The third kappa shape index (κ3) is 5.90. The van der Waals surface area contributed by atoms with E-state index in [4.69, 9.17) is 16.6 Å². The Kier molecular flexibility index (Phi) is 8.44. The van der Waals surface area contributed by atoms with Gasteiger partial charge < -0.3 is 0 Å². The van der Waals surface area contributed by atoms with Crippen LogP contribution in [0.1, 0.15) is 49.7 Å². The Balaban J connectivity index is 1.55. The van der Waals surface area contributed by atoms with Crippen molar-refractivity contribution in [2.24, 2.45) is 4.99 Å². The Morgan fingerprint density at radius 3 is 2.59 bits per heavy atom. The molecular formula is C28H30ClN3OS. The van der Waals surface area contributed by atoms with Crippen molar-refractivity contribution in [2.75, 3.05) is 7.05 Å². The van der Waals surface area contributed by atoms with Crippen LogP contribution >= 0.6 is 23.4 Å². The summed E-state index contributed by atoms with van der Waals surface area (Å²) in [5.41, 5.74) is 6.51.